The van der Waals surface area contributed by atoms with Crippen LogP contribution in [0.25, 0.3) is 11.0 Å². The predicted molar refractivity (Wildman–Crippen MR) is 36.5 cm³/mol. The van der Waals surface area contributed by atoms with E-state index in [-0.39, 0.29) is 0 Å². The maximum Gasteiger partial charge on any atom is 0.150 e. The minimum Gasteiger partial charge on any atom is -0.362 e. The average Bonchev–Trinajstić information content (AvgIpc) is 2.36. The Balaban J connectivity index is 2.95. The van der Waals surface area contributed by atoms with Gasteiger partial charge in [0.25, 0.3) is 0 Å². The largest absolute Gasteiger partial charge is 0.362 e. The number of fused-ring (bicyclic) bond motifs is 1. The third-order valence-corrected chi connectivity index (χ3v) is 1.46. The van der Waals surface area contributed by atoms with E-state index < -0.39 is 0 Å². The van der Waals surface area contributed by atoms with Crippen molar-refractivity contribution >= 4 is 11.0 Å². The molecule has 0 aliphatic heterocycles. The van der Waals surface area contributed by atoms with E-state index in [9.17, 15) is 0 Å². The molecule has 0 radical (unpaired) electrons. The monoisotopic (exact) mass is 134 g/mol. The van der Waals surface area contributed by atoms with Crippen molar-refractivity contribution < 1.29 is 4.52 Å². The molecule has 50 valence electrons. The molecule has 0 aliphatic rings. The summed E-state index contributed by atoms with van der Waals surface area (Å²) < 4.78 is 4.73. The summed E-state index contributed by atoms with van der Waals surface area (Å²) in [7, 11) is 0. The van der Waals surface area contributed by atoms with Crippen LogP contribution in [0.1, 0.15) is 5.56 Å². The molecule has 0 N–H and O–H groups in total. The summed E-state index contributed by atoms with van der Waals surface area (Å²) in [5.41, 5.74) is 2.77. The Morgan fingerprint density at radius 2 is 2.40 bits per heavy atom. The zero-order valence-electron chi connectivity index (χ0n) is 5.53. The molecule has 0 fully saturated rings. The fourth-order valence-electron chi connectivity index (χ4n) is 0.905. The summed E-state index contributed by atoms with van der Waals surface area (Å²) in [6.07, 6.45) is 3.29. The molecule has 0 amide bonds. The second-order valence-electron chi connectivity index (χ2n) is 2.18. The summed E-state index contributed by atoms with van der Waals surface area (Å²) in [5.74, 6) is 0. The van der Waals surface area contributed by atoms with Crippen molar-refractivity contribution in [2.75, 3.05) is 0 Å². The molecule has 0 unspecified atom stereocenters. The molecule has 0 saturated carbocycles. The normalized spacial score (nSPS) is 10.5. The van der Waals surface area contributed by atoms with Crippen LogP contribution in [-0.2, 0) is 0 Å². The van der Waals surface area contributed by atoms with E-state index in [1.54, 1.807) is 12.5 Å². The first-order valence-corrected chi connectivity index (χ1v) is 3.03. The van der Waals surface area contributed by atoms with Crippen LogP contribution in [0.4, 0.5) is 0 Å². The van der Waals surface area contributed by atoms with E-state index in [1.807, 2.05) is 13.0 Å². The first-order chi connectivity index (χ1) is 4.88. The molecule has 2 aromatic heterocycles. The summed E-state index contributed by atoms with van der Waals surface area (Å²) in [6.45, 7) is 1.98. The molecule has 0 saturated heterocycles. The van der Waals surface area contributed by atoms with E-state index >= 15 is 0 Å². The van der Waals surface area contributed by atoms with Crippen LogP contribution >= 0.6 is 0 Å². The van der Waals surface area contributed by atoms with E-state index in [0.29, 0.717) is 0 Å². The Hall–Kier alpha value is -1.38. The highest BCUT2D eigenvalue weighted by atomic mass is 16.5. The van der Waals surface area contributed by atoms with Crippen molar-refractivity contribution in [3.63, 3.8) is 0 Å². The summed E-state index contributed by atoms with van der Waals surface area (Å²) >= 11 is 0. The number of aromatic nitrogens is 2. The van der Waals surface area contributed by atoms with Gasteiger partial charge in [-0.1, -0.05) is 5.16 Å². The number of hydrogen-bond donors (Lipinski definition) is 0. The zero-order chi connectivity index (χ0) is 6.97. The highest BCUT2D eigenvalue weighted by Gasteiger charge is 1.99. The van der Waals surface area contributed by atoms with E-state index in [1.165, 1.54) is 0 Å². The van der Waals surface area contributed by atoms with Crippen molar-refractivity contribution in [2.45, 2.75) is 6.92 Å². The van der Waals surface area contributed by atoms with E-state index in [4.69, 9.17) is 4.52 Å². The average molecular weight is 134 g/mol. The van der Waals surface area contributed by atoms with Gasteiger partial charge in [0.1, 0.15) is 17.3 Å². The minimum absolute atomic E-state index is 0.819. The lowest BCUT2D eigenvalue weighted by Gasteiger charge is -1.87. The van der Waals surface area contributed by atoms with Gasteiger partial charge in [0.05, 0.1) is 0 Å². The van der Waals surface area contributed by atoms with Gasteiger partial charge in [0.2, 0.25) is 0 Å². The predicted octanol–water partition coefficient (Wildman–Crippen LogP) is 1.53. The third kappa shape index (κ3) is 0.603. The minimum atomic E-state index is 0.819. The van der Waals surface area contributed by atoms with Gasteiger partial charge in [-0.3, -0.25) is 4.98 Å². The van der Waals surface area contributed by atoms with E-state index in [0.717, 1.165) is 16.6 Å². The molecular weight excluding hydrogens is 128 g/mol. The lowest BCUT2D eigenvalue weighted by atomic mass is 10.2. The smallest absolute Gasteiger partial charge is 0.150 e. The van der Waals surface area contributed by atoms with Gasteiger partial charge in [-0.25, -0.2) is 0 Å². The van der Waals surface area contributed by atoms with Crippen molar-refractivity contribution in [2.24, 2.45) is 0 Å². The fraction of sp³-hybridized carbons (Fsp3) is 0.143. The lowest BCUT2D eigenvalue weighted by Crippen LogP contribution is -1.77. The molecule has 3 nitrogen and oxygen atoms in total. The zero-order valence-corrected chi connectivity index (χ0v) is 5.53. The number of hydrogen-bond acceptors (Lipinski definition) is 3. The van der Waals surface area contributed by atoms with Gasteiger partial charge in [-0.2, -0.15) is 0 Å². The second kappa shape index (κ2) is 1.80. The van der Waals surface area contributed by atoms with Crippen LogP contribution in [0.3, 0.4) is 0 Å². The Labute approximate surface area is 57.7 Å². The fourth-order valence-corrected chi connectivity index (χ4v) is 0.905. The molecule has 0 aliphatic carbocycles. The maximum atomic E-state index is 4.73. The molecule has 0 atom stereocenters. The topological polar surface area (TPSA) is 38.9 Å². The van der Waals surface area contributed by atoms with Crippen LogP contribution in [0.5, 0.6) is 0 Å². The standard InChI is InChI=1S/C7H6N2O/c1-5-2-3-8-6-4-10-9-7(5)6/h2-4H,1H3. The van der Waals surface area contributed by atoms with Crippen LogP contribution in [0, 0.1) is 6.92 Å². The summed E-state index contributed by atoms with van der Waals surface area (Å²) in [5, 5.41) is 3.78. The van der Waals surface area contributed by atoms with Crippen molar-refractivity contribution in [1.82, 2.24) is 10.1 Å². The number of rotatable bonds is 0. The van der Waals surface area contributed by atoms with E-state index in [2.05, 4.69) is 10.1 Å². The number of aryl methyl sites for hydroxylation is 1. The molecule has 0 aromatic carbocycles. The lowest BCUT2D eigenvalue weighted by molar-refractivity contribution is 0.428. The van der Waals surface area contributed by atoms with Gasteiger partial charge < -0.3 is 4.52 Å². The molecule has 2 aromatic rings. The highest BCUT2D eigenvalue weighted by Crippen LogP contribution is 2.11. The first kappa shape index (κ1) is 5.41. The Morgan fingerprint density at radius 3 is 3.20 bits per heavy atom. The van der Waals surface area contributed by atoms with Crippen LogP contribution in [-0.4, -0.2) is 10.1 Å². The molecule has 2 rings (SSSR count). The molecule has 10 heavy (non-hydrogen) atoms. The van der Waals surface area contributed by atoms with Gasteiger partial charge in [0, 0.05) is 6.20 Å². The van der Waals surface area contributed by atoms with Gasteiger partial charge in [-0.05, 0) is 18.6 Å². The SMILES string of the molecule is Cc1ccnc2conc12. The molecule has 0 bridgehead atoms. The summed E-state index contributed by atoms with van der Waals surface area (Å²) in [4.78, 5) is 4.05. The maximum absolute atomic E-state index is 4.73. The second-order valence-corrected chi connectivity index (χ2v) is 2.18. The Kier molecular flexibility index (Phi) is 0.974. The molecule has 2 heterocycles. The molecule has 3 heteroatoms. The van der Waals surface area contributed by atoms with Crippen molar-refractivity contribution in [3.8, 4) is 0 Å². The molecular formula is C7H6N2O. The van der Waals surface area contributed by atoms with Gasteiger partial charge in [-0.15, -0.1) is 0 Å². The number of pyridine rings is 1. The third-order valence-electron chi connectivity index (χ3n) is 1.46. The van der Waals surface area contributed by atoms with Gasteiger partial charge >= 0.3 is 0 Å². The molecule has 0 spiro atoms. The highest BCUT2D eigenvalue weighted by molar-refractivity contribution is 5.75. The van der Waals surface area contributed by atoms with Gasteiger partial charge in [0.15, 0.2) is 0 Å². The van der Waals surface area contributed by atoms with Crippen LogP contribution < -0.4 is 0 Å². The number of nitrogens with zero attached hydrogens (tertiary/aromatic N) is 2. The summed E-state index contributed by atoms with van der Waals surface area (Å²) in [6, 6.07) is 1.91. The van der Waals surface area contributed by atoms with Crippen LogP contribution in [0.2, 0.25) is 0 Å². The van der Waals surface area contributed by atoms with Crippen LogP contribution in [0.15, 0.2) is 23.0 Å². The van der Waals surface area contributed by atoms with Crippen molar-refractivity contribution in [3.05, 3.63) is 24.1 Å². The van der Waals surface area contributed by atoms with Crippen molar-refractivity contribution in [1.29, 1.82) is 0 Å². The first-order valence-electron chi connectivity index (χ1n) is 3.03. The quantitative estimate of drug-likeness (QED) is 0.548. The Morgan fingerprint density at radius 1 is 1.50 bits per heavy atom. The Bertz CT molecular complexity index is 353.